The second kappa shape index (κ2) is 4.34. The molecule has 0 radical (unpaired) electrons. The lowest BCUT2D eigenvalue weighted by Crippen LogP contribution is -2.40. The number of carbonyl (C=O) groups excluding carboxylic acids is 1. The van der Waals surface area contributed by atoms with Crippen molar-refractivity contribution in [3.05, 3.63) is 34.9 Å². The van der Waals surface area contributed by atoms with Crippen molar-refractivity contribution in [1.82, 2.24) is 4.90 Å². The number of hydrogen-bond donors (Lipinski definition) is 0. The zero-order chi connectivity index (χ0) is 11.8. The van der Waals surface area contributed by atoms with E-state index in [4.69, 9.17) is 11.6 Å². The summed E-state index contributed by atoms with van der Waals surface area (Å²) in [6.07, 6.45) is 5.16. The first-order chi connectivity index (χ1) is 8.25. The summed E-state index contributed by atoms with van der Waals surface area (Å²) in [7, 11) is 0. The van der Waals surface area contributed by atoms with Crippen LogP contribution in [0.3, 0.4) is 0 Å². The highest BCUT2D eigenvalue weighted by Gasteiger charge is 2.39. The molecule has 0 saturated carbocycles. The number of benzene rings is 1. The van der Waals surface area contributed by atoms with Crippen molar-refractivity contribution < 1.29 is 4.79 Å². The quantitative estimate of drug-likeness (QED) is 0.745. The number of rotatable bonds is 1. The molecule has 2 aliphatic heterocycles. The molecule has 1 amide bonds. The molecular weight excluding hydrogens is 234 g/mol. The standard InChI is InChI=1S/C14H16ClNO/c15-11-4-1-3-10(9-11)13-8-7-12-5-2-6-14(17)16(12)13/h1,3-4,9,12-13H,2,5-8H2/t12-,13-/m0/s1. The maximum Gasteiger partial charge on any atom is 0.223 e. The number of fused-ring (bicyclic) bond motifs is 1. The molecule has 1 aromatic carbocycles. The van der Waals surface area contributed by atoms with Crippen molar-refractivity contribution in [2.24, 2.45) is 0 Å². The van der Waals surface area contributed by atoms with Gasteiger partial charge in [0.25, 0.3) is 0 Å². The molecular formula is C14H16ClNO. The number of amides is 1. The van der Waals surface area contributed by atoms with Crippen LogP contribution in [0.5, 0.6) is 0 Å². The van der Waals surface area contributed by atoms with Gasteiger partial charge in [0.1, 0.15) is 0 Å². The molecule has 2 nitrogen and oxygen atoms in total. The first kappa shape index (κ1) is 11.1. The fraction of sp³-hybridized carbons (Fsp3) is 0.500. The number of hydrogen-bond acceptors (Lipinski definition) is 1. The molecule has 0 aromatic heterocycles. The van der Waals surface area contributed by atoms with Gasteiger partial charge in [0.05, 0.1) is 6.04 Å². The van der Waals surface area contributed by atoms with Crippen LogP contribution in [0.2, 0.25) is 5.02 Å². The summed E-state index contributed by atoms with van der Waals surface area (Å²) >= 11 is 6.03. The Balaban J connectivity index is 1.91. The normalized spacial score (nSPS) is 28.3. The largest absolute Gasteiger partial charge is 0.333 e. The molecule has 0 unspecified atom stereocenters. The van der Waals surface area contributed by atoms with Crippen molar-refractivity contribution in [3.8, 4) is 0 Å². The lowest BCUT2D eigenvalue weighted by atomic mass is 10.0. The first-order valence-corrected chi connectivity index (χ1v) is 6.70. The summed E-state index contributed by atoms with van der Waals surface area (Å²) in [4.78, 5) is 14.1. The molecule has 2 fully saturated rings. The van der Waals surface area contributed by atoms with Gasteiger partial charge in [0.2, 0.25) is 5.91 Å². The van der Waals surface area contributed by atoms with Gasteiger partial charge in [-0.15, -0.1) is 0 Å². The second-order valence-electron chi connectivity index (χ2n) is 5.00. The van der Waals surface area contributed by atoms with E-state index in [1.54, 1.807) is 0 Å². The zero-order valence-electron chi connectivity index (χ0n) is 9.73. The van der Waals surface area contributed by atoms with E-state index < -0.39 is 0 Å². The lowest BCUT2D eigenvalue weighted by molar-refractivity contribution is -0.136. The average molecular weight is 250 g/mol. The first-order valence-electron chi connectivity index (χ1n) is 6.32. The maximum absolute atomic E-state index is 12.0. The van der Waals surface area contributed by atoms with Gasteiger partial charge in [-0.2, -0.15) is 0 Å². The van der Waals surface area contributed by atoms with Gasteiger partial charge in [-0.05, 0) is 43.4 Å². The van der Waals surface area contributed by atoms with E-state index in [-0.39, 0.29) is 6.04 Å². The average Bonchev–Trinajstić information content (AvgIpc) is 2.74. The molecule has 0 aliphatic carbocycles. The third kappa shape index (κ3) is 1.95. The molecule has 0 bridgehead atoms. The van der Waals surface area contributed by atoms with Gasteiger partial charge in [0.15, 0.2) is 0 Å². The molecule has 2 saturated heterocycles. The van der Waals surface area contributed by atoms with Crippen LogP contribution in [0.1, 0.15) is 43.7 Å². The monoisotopic (exact) mass is 249 g/mol. The fourth-order valence-electron chi connectivity index (χ4n) is 3.20. The molecule has 0 N–H and O–H groups in total. The van der Waals surface area contributed by atoms with Gasteiger partial charge in [-0.1, -0.05) is 23.7 Å². The molecule has 2 aliphatic rings. The highest BCUT2D eigenvalue weighted by atomic mass is 35.5. The van der Waals surface area contributed by atoms with Crippen LogP contribution in [0.15, 0.2) is 24.3 Å². The Labute approximate surface area is 107 Å². The SMILES string of the molecule is O=C1CCC[C@H]2CC[C@@H](c3cccc(Cl)c3)N12. The molecule has 17 heavy (non-hydrogen) atoms. The summed E-state index contributed by atoms with van der Waals surface area (Å²) in [5, 5.41) is 0.760. The van der Waals surface area contributed by atoms with Crippen molar-refractivity contribution in [1.29, 1.82) is 0 Å². The fourth-order valence-corrected chi connectivity index (χ4v) is 3.40. The number of piperidine rings is 1. The van der Waals surface area contributed by atoms with Crippen molar-refractivity contribution in [2.45, 2.75) is 44.2 Å². The van der Waals surface area contributed by atoms with E-state index in [9.17, 15) is 4.79 Å². The Hall–Kier alpha value is -1.02. The van der Waals surface area contributed by atoms with E-state index >= 15 is 0 Å². The van der Waals surface area contributed by atoms with Crippen LogP contribution in [-0.2, 0) is 4.79 Å². The Morgan fingerprint density at radius 1 is 1.24 bits per heavy atom. The van der Waals surface area contributed by atoms with Gasteiger partial charge >= 0.3 is 0 Å². The minimum Gasteiger partial charge on any atom is -0.333 e. The Bertz CT molecular complexity index is 446. The molecule has 90 valence electrons. The van der Waals surface area contributed by atoms with E-state index in [0.29, 0.717) is 18.4 Å². The van der Waals surface area contributed by atoms with Gasteiger partial charge in [-0.3, -0.25) is 4.79 Å². The Kier molecular flexibility index (Phi) is 2.83. The van der Waals surface area contributed by atoms with E-state index in [1.165, 1.54) is 12.0 Å². The molecule has 2 atom stereocenters. The Morgan fingerprint density at radius 2 is 2.12 bits per heavy atom. The van der Waals surface area contributed by atoms with E-state index in [1.807, 2.05) is 18.2 Å². The summed E-state index contributed by atoms with van der Waals surface area (Å²) in [6, 6.07) is 8.67. The number of nitrogens with zero attached hydrogens (tertiary/aromatic N) is 1. The van der Waals surface area contributed by atoms with Gasteiger partial charge < -0.3 is 4.90 Å². The van der Waals surface area contributed by atoms with E-state index in [2.05, 4.69) is 11.0 Å². The summed E-state index contributed by atoms with van der Waals surface area (Å²) in [5.74, 6) is 0.323. The highest BCUT2D eigenvalue weighted by Crippen LogP contribution is 2.41. The molecule has 2 heterocycles. The highest BCUT2D eigenvalue weighted by molar-refractivity contribution is 6.30. The maximum atomic E-state index is 12.0. The van der Waals surface area contributed by atoms with Crippen LogP contribution in [-0.4, -0.2) is 16.8 Å². The predicted molar refractivity (Wildman–Crippen MR) is 67.9 cm³/mol. The smallest absolute Gasteiger partial charge is 0.223 e. The van der Waals surface area contributed by atoms with Gasteiger partial charge in [0, 0.05) is 17.5 Å². The predicted octanol–water partition coefficient (Wildman–Crippen LogP) is 3.56. The van der Waals surface area contributed by atoms with Crippen molar-refractivity contribution in [2.75, 3.05) is 0 Å². The van der Waals surface area contributed by atoms with Gasteiger partial charge in [-0.25, -0.2) is 0 Å². The molecule has 3 rings (SSSR count). The zero-order valence-corrected chi connectivity index (χ0v) is 10.5. The minimum atomic E-state index is 0.256. The summed E-state index contributed by atoms with van der Waals surface area (Å²) in [6.45, 7) is 0. The van der Waals surface area contributed by atoms with Crippen LogP contribution >= 0.6 is 11.6 Å². The minimum absolute atomic E-state index is 0.256. The Morgan fingerprint density at radius 3 is 2.94 bits per heavy atom. The van der Waals surface area contributed by atoms with Crippen molar-refractivity contribution >= 4 is 17.5 Å². The van der Waals surface area contributed by atoms with Crippen LogP contribution < -0.4 is 0 Å². The number of carbonyl (C=O) groups is 1. The summed E-state index contributed by atoms with van der Waals surface area (Å²) in [5.41, 5.74) is 1.19. The van der Waals surface area contributed by atoms with Crippen LogP contribution in [0, 0.1) is 0 Å². The lowest BCUT2D eigenvalue weighted by Gasteiger charge is -2.34. The van der Waals surface area contributed by atoms with Crippen molar-refractivity contribution in [3.63, 3.8) is 0 Å². The molecule has 3 heteroatoms. The van der Waals surface area contributed by atoms with Crippen LogP contribution in [0.4, 0.5) is 0 Å². The third-order valence-corrected chi connectivity index (χ3v) is 4.19. The number of halogens is 1. The summed E-state index contributed by atoms with van der Waals surface area (Å²) < 4.78 is 0. The molecule has 1 aromatic rings. The topological polar surface area (TPSA) is 20.3 Å². The van der Waals surface area contributed by atoms with E-state index in [0.717, 1.165) is 24.3 Å². The second-order valence-corrected chi connectivity index (χ2v) is 5.43. The third-order valence-electron chi connectivity index (χ3n) is 3.95. The van der Waals surface area contributed by atoms with Crippen LogP contribution in [0.25, 0.3) is 0 Å². The molecule has 0 spiro atoms.